The zero-order valence-electron chi connectivity index (χ0n) is 13.6. The van der Waals surface area contributed by atoms with Crippen molar-refractivity contribution >= 4 is 23.2 Å². The van der Waals surface area contributed by atoms with Crippen LogP contribution in [0.25, 0.3) is 0 Å². The molecular weight excluding hydrogens is 301 g/mol. The molecule has 2 rings (SSSR count). The summed E-state index contributed by atoms with van der Waals surface area (Å²) < 4.78 is 0. The van der Waals surface area contributed by atoms with Gasteiger partial charge < -0.3 is 5.32 Å². The molecule has 0 bridgehead atoms. The van der Waals surface area contributed by atoms with Crippen LogP contribution < -0.4 is 5.32 Å². The fourth-order valence-corrected chi connectivity index (χ4v) is 3.70. The van der Waals surface area contributed by atoms with Crippen LogP contribution >= 0.6 is 23.2 Å². The molecule has 1 aliphatic carbocycles. The molecule has 0 saturated heterocycles. The van der Waals surface area contributed by atoms with Gasteiger partial charge in [-0.2, -0.15) is 0 Å². The molecule has 3 heteroatoms. The lowest BCUT2D eigenvalue weighted by Crippen LogP contribution is -2.52. The Morgan fingerprint density at radius 1 is 1.19 bits per heavy atom. The van der Waals surface area contributed by atoms with E-state index in [1.54, 1.807) is 0 Å². The number of nitrogens with one attached hydrogen (secondary N) is 1. The van der Waals surface area contributed by atoms with Crippen molar-refractivity contribution < 1.29 is 0 Å². The highest BCUT2D eigenvalue weighted by Gasteiger charge is 2.45. The molecule has 0 heterocycles. The van der Waals surface area contributed by atoms with Crippen molar-refractivity contribution in [2.45, 2.75) is 64.3 Å². The average Bonchev–Trinajstić information content (AvgIpc) is 2.34. The first-order chi connectivity index (χ1) is 9.76. The minimum Gasteiger partial charge on any atom is -0.311 e. The number of hydrogen-bond acceptors (Lipinski definition) is 1. The van der Waals surface area contributed by atoms with Crippen molar-refractivity contribution in [1.82, 2.24) is 5.32 Å². The Kier molecular flexibility index (Phi) is 5.28. The Morgan fingerprint density at radius 2 is 1.86 bits per heavy atom. The highest BCUT2D eigenvalue weighted by molar-refractivity contribution is 6.42. The van der Waals surface area contributed by atoms with Gasteiger partial charge in [-0.1, -0.05) is 49.0 Å². The summed E-state index contributed by atoms with van der Waals surface area (Å²) in [6.07, 6.45) is 5.11. The molecule has 1 aliphatic rings. The van der Waals surface area contributed by atoms with Gasteiger partial charge in [0.2, 0.25) is 0 Å². The third kappa shape index (κ3) is 4.15. The summed E-state index contributed by atoms with van der Waals surface area (Å²) in [5.74, 6) is 0.853. The molecule has 0 radical (unpaired) electrons. The van der Waals surface area contributed by atoms with Crippen molar-refractivity contribution in [1.29, 1.82) is 0 Å². The van der Waals surface area contributed by atoms with Gasteiger partial charge >= 0.3 is 0 Å². The summed E-state index contributed by atoms with van der Waals surface area (Å²) in [6.45, 7) is 9.94. The van der Waals surface area contributed by atoms with Crippen LogP contribution in [-0.4, -0.2) is 12.1 Å². The van der Waals surface area contributed by atoms with Crippen LogP contribution in [-0.2, 0) is 5.41 Å². The lowest BCUT2D eigenvalue weighted by Gasteiger charge is -2.50. The summed E-state index contributed by atoms with van der Waals surface area (Å²) in [7, 11) is 0. The molecule has 1 aromatic rings. The standard InChI is InChI=1S/C18H27Cl2N/c1-5-6-13-10-18(11-13,12-21-17(2,3)4)14-7-8-15(19)16(20)9-14/h7-9,13,21H,5-6,10-12H2,1-4H3. The van der Waals surface area contributed by atoms with Crippen molar-refractivity contribution in [3.63, 3.8) is 0 Å². The van der Waals surface area contributed by atoms with E-state index in [0.717, 1.165) is 12.5 Å². The highest BCUT2D eigenvalue weighted by atomic mass is 35.5. The lowest BCUT2D eigenvalue weighted by atomic mass is 9.57. The fourth-order valence-electron chi connectivity index (χ4n) is 3.40. The van der Waals surface area contributed by atoms with E-state index < -0.39 is 0 Å². The Balaban J connectivity index is 2.18. The predicted octanol–water partition coefficient (Wildman–Crippen LogP) is 5.83. The van der Waals surface area contributed by atoms with Crippen LogP contribution in [0, 0.1) is 5.92 Å². The fraction of sp³-hybridized carbons (Fsp3) is 0.667. The molecular formula is C18H27Cl2N. The largest absolute Gasteiger partial charge is 0.311 e. The molecule has 1 aromatic carbocycles. The molecule has 0 atom stereocenters. The van der Waals surface area contributed by atoms with Gasteiger partial charge in [0.25, 0.3) is 0 Å². The van der Waals surface area contributed by atoms with Crippen LogP contribution in [0.15, 0.2) is 18.2 Å². The molecule has 1 N–H and O–H groups in total. The minimum atomic E-state index is 0.138. The first-order valence-electron chi connectivity index (χ1n) is 7.96. The van der Waals surface area contributed by atoms with E-state index in [0.29, 0.717) is 10.0 Å². The van der Waals surface area contributed by atoms with E-state index >= 15 is 0 Å². The van der Waals surface area contributed by atoms with Gasteiger partial charge in [-0.05, 0) is 57.2 Å². The summed E-state index contributed by atoms with van der Waals surface area (Å²) in [4.78, 5) is 0. The first-order valence-corrected chi connectivity index (χ1v) is 8.72. The molecule has 21 heavy (non-hydrogen) atoms. The van der Waals surface area contributed by atoms with E-state index in [9.17, 15) is 0 Å². The second-order valence-corrected chi connectivity index (χ2v) is 8.39. The normalized spacial score (nSPS) is 25.7. The Bertz CT molecular complexity index is 484. The van der Waals surface area contributed by atoms with E-state index in [1.165, 1.54) is 31.2 Å². The molecule has 0 aromatic heterocycles. The Labute approximate surface area is 139 Å². The van der Waals surface area contributed by atoms with Gasteiger partial charge in [0.05, 0.1) is 10.0 Å². The van der Waals surface area contributed by atoms with Crippen LogP contribution in [0.2, 0.25) is 10.0 Å². The summed E-state index contributed by atoms with van der Waals surface area (Å²) in [5.41, 5.74) is 1.70. The number of halogens is 2. The SMILES string of the molecule is CCCC1CC(CNC(C)(C)C)(c2ccc(Cl)c(Cl)c2)C1. The Morgan fingerprint density at radius 3 is 2.38 bits per heavy atom. The molecule has 1 fully saturated rings. The molecule has 1 nitrogen and oxygen atoms in total. The van der Waals surface area contributed by atoms with Crippen LogP contribution in [0.5, 0.6) is 0 Å². The predicted molar refractivity (Wildman–Crippen MR) is 93.5 cm³/mol. The summed E-state index contributed by atoms with van der Waals surface area (Å²) in [6, 6.07) is 6.16. The first kappa shape index (κ1) is 17.1. The average molecular weight is 328 g/mol. The number of benzene rings is 1. The second-order valence-electron chi connectivity index (χ2n) is 7.58. The lowest BCUT2D eigenvalue weighted by molar-refractivity contribution is 0.120. The maximum Gasteiger partial charge on any atom is 0.0595 e. The van der Waals surface area contributed by atoms with Gasteiger partial charge in [0, 0.05) is 17.5 Å². The smallest absolute Gasteiger partial charge is 0.0595 e. The topological polar surface area (TPSA) is 12.0 Å². The van der Waals surface area contributed by atoms with E-state index in [1.807, 2.05) is 6.07 Å². The summed E-state index contributed by atoms with van der Waals surface area (Å²) >= 11 is 12.3. The molecule has 1 saturated carbocycles. The van der Waals surface area contributed by atoms with Gasteiger partial charge in [-0.15, -0.1) is 0 Å². The maximum atomic E-state index is 6.24. The van der Waals surface area contributed by atoms with Crippen LogP contribution in [0.1, 0.15) is 58.9 Å². The van der Waals surface area contributed by atoms with Crippen LogP contribution in [0.3, 0.4) is 0 Å². The molecule has 118 valence electrons. The zero-order chi connectivity index (χ0) is 15.7. The van der Waals surface area contributed by atoms with Crippen molar-refractivity contribution in [2.24, 2.45) is 5.92 Å². The monoisotopic (exact) mass is 327 g/mol. The third-order valence-corrected chi connectivity index (χ3v) is 5.28. The molecule has 0 unspecified atom stereocenters. The molecule has 0 aliphatic heterocycles. The second kappa shape index (κ2) is 6.48. The van der Waals surface area contributed by atoms with E-state index in [2.05, 4.69) is 45.1 Å². The quantitative estimate of drug-likeness (QED) is 0.717. The zero-order valence-corrected chi connectivity index (χ0v) is 15.1. The van der Waals surface area contributed by atoms with Crippen molar-refractivity contribution in [2.75, 3.05) is 6.54 Å². The van der Waals surface area contributed by atoms with Crippen molar-refractivity contribution in [3.05, 3.63) is 33.8 Å². The highest BCUT2D eigenvalue weighted by Crippen LogP contribution is 2.50. The van der Waals surface area contributed by atoms with E-state index in [4.69, 9.17) is 23.2 Å². The third-order valence-electron chi connectivity index (χ3n) is 4.54. The maximum absolute atomic E-state index is 6.24. The molecule has 0 spiro atoms. The minimum absolute atomic E-state index is 0.138. The van der Waals surface area contributed by atoms with Gasteiger partial charge in [-0.3, -0.25) is 0 Å². The van der Waals surface area contributed by atoms with Crippen LogP contribution in [0.4, 0.5) is 0 Å². The van der Waals surface area contributed by atoms with Gasteiger partial charge in [-0.25, -0.2) is 0 Å². The number of rotatable bonds is 5. The van der Waals surface area contributed by atoms with Gasteiger partial charge in [0.1, 0.15) is 0 Å². The van der Waals surface area contributed by atoms with Crippen molar-refractivity contribution in [3.8, 4) is 0 Å². The number of hydrogen-bond donors (Lipinski definition) is 1. The summed E-state index contributed by atoms with van der Waals surface area (Å²) in [5, 5.41) is 5.00. The molecule has 0 amide bonds. The Hall–Kier alpha value is -0.240. The van der Waals surface area contributed by atoms with E-state index in [-0.39, 0.29) is 11.0 Å². The van der Waals surface area contributed by atoms with Gasteiger partial charge in [0.15, 0.2) is 0 Å².